The van der Waals surface area contributed by atoms with Gasteiger partial charge in [0, 0.05) is 16.8 Å². The summed E-state index contributed by atoms with van der Waals surface area (Å²) in [5.41, 5.74) is 11.7. The summed E-state index contributed by atoms with van der Waals surface area (Å²) in [4.78, 5) is 0. The van der Waals surface area contributed by atoms with Crippen LogP contribution in [0.3, 0.4) is 0 Å². The second kappa shape index (κ2) is 10.4. The van der Waals surface area contributed by atoms with Crippen molar-refractivity contribution in [2.24, 2.45) is 0 Å². The molecule has 0 saturated heterocycles. The molecule has 37 heavy (non-hydrogen) atoms. The first-order valence-electron chi connectivity index (χ1n) is 12.6. The zero-order valence-electron chi connectivity index (χ0n) is 20.5. The number of nitrogens with one attached hydrogen (secondary N) is 1. The quantitative estimate of drug-likeness (QED) is 0.254. The molecule has 0 unspecified atom stereocenters. The van der Waals surface area contributed by atoms with Gasteiger partial charge in [-0.05, 0) is 57.6 Å². The third-order valence-electron chi connectivity index (χ3n) is 6.68. The molecule has 0 heterocycles. The lowest BCUT2D eigenvalue weighted by Crippen LogP contribution is -1.98. The van der Waals surface area contributed by atoms with E-state index in [2.05, 4.69) is 163 Å². The SMILES string of the molecule is c1ccc(-c2ccc(Nc3c(-c4ccccc4)cc(-c4ccccc4)cc3-c3ccccc3)cc2)cc1. The van der Waals surface area contributed by atoms with Crippen molar-refractivity contribution in [2.45, 2.75) is 0 Å². The second-order valence-corrected chi connectivity index (χ2v) is 9.11. The Bertz CT molecular complexity index is 1530. The van der Waals surface area contributed by atoms with Crippen LogP contribution in [0.15, 0.2) is 158 Å². The van der Waals surface area contributed by atoms with E-state index in [4.69, 9.17) is 0 Å². The third-order valence-corrected chi connectivity index (χ3v) is 6.68. The van der Waals surface area contributed by atoms with Crippen LogP contribution in [0.5, 0.6) is 0 Å². The highest BCUT2D eigenvalue weighted by molar-refractivity contribution is 5.96. The molecule has 6 aromatic rings. The van der Waals surface area contributed by atoms with Gasteiger partial charge in [-0.3, -0.25) is 0 Å². The van der Waals surface area contributed by atoms with Gasteiger partial charge in [-0.15, -0.1) is 0 Å². The molecule has 1 nitrogen and oxygen atoms in total. The highest BCUT2D eigenvalue weighted by Gasteiger charge is 2.16. The lowest BCUT2D eigenvalue weighted by molar-refractivity contribution is 1.51. The van der Waals surface area contributed by atoms with Crippen LogP contribution >= 0.6 is 0 Å². The Morgan fingerprint density at radius 3 is 1.08 bits per heavy atom. The van der Waals surface area contributed by atoms with Crippen LogP contribution in [0.4, 0.5) is 11.4 Å². The molecular formula is C36H27N. The highest BCUT2D eigenvalue weighted by atomic mass is 14.9. The minimum Gasteiger partial charge on any atom is -0.355 e. The van der Waals surface area contributed by atoms with E-state index in [0.29, 0.717) is 0 Å². The third kappa shape index (κ3) is 4.94. The van der Waals surface area contributed by atoms with Crippen LogP contribution < -0.4 is 5.32 Å². The molecular weight excluding hydrogens is 446 g/mol. The summed E-state index contributed by atoms with van der Waals surface area (Å²) in [6.45, 7) is 0. The predicted molar refractivity (Wildman–Crippen MR) is 158 cm³/mol. The number of hydrogen-bond acceptors (Lipinski definition) is 1. The van der Waals surface area contributed by atoms with Crippen LogP contribution in [0, 0.1) is 0 Å². The largest absolute Gasteiger partial charge is 0.355 e. The summed E-state index contributed by atoms with van der Waals surface area (Å²) in [6.07, 6.45) is 0. The lowest BCUT2D eigenvalue weighted by atomic mass is 9.91. The van der Waals surface area contributed by atoms with Gasteiger partial charge in [0.05, 0.1) is 5.69 Å². The molecule has 176 valence electrons. The molecule has 0 atom stereocenters. The molecule has 0 radical (unpaired) electrons. The Hall–Kier alpha value is -4.88. The zero-order valence-corrected chi connectivity index (χ0v) is 20.5. The van der Waals surface area contributed by atoms with Gasteiger partial charge in [0.15, 0.2) is 0 Å². The molecule has 0 aliphatic carbocycles. The van der Waals surface area contributed by atoms with E-state index in [9.17, 15) is 0 Å². The molecule has 0 aliphatic heterocycles. The normalized spacial score (nSPS) is 10.7. The van der Waals surface area contributed by atoms with Crippen molar-refractivity contribution in [3.63, 3.8) is 0 Å². The molecule has 0 saturated carbocycles. The highest BCUT2D eigenvalue weighted by Crippen LogP contribution is 2.42. The Morgan fingerprint density at radius 1 is 0.297 bits per heavy atom. The van der Waals surface area contributed by atoms with Gasteiger partial charge < -0.3 is 5.32 Å². The van der Waals surface area contributed by atoms with Gasteiger partial charge in [-0.1, -0.05) is 133 Å². The van der Waals surface area contributed by atoms with E-state index < -0.39 is 0 Å². The van der Waals surface area contributed by atoms with Crippen molar-refractivity contribution in [2.75, 3.05) is 5.32 Å². The first-order valence-corrected chi connectivity index (χ1v) is 12.6. The Balaban J connectivity index is 1.51. The van der Waals surface area contributed by atoms with Gasteiger partial charge in [0.25, 0.3) is 0 Å². The van der Waals surface area contributed by atoms with Crippen molar-refractivity contribution < 1.29 is 0 Å². The molecule has 0 bridgehead atoms. The minimum atomic E-state index is 1.06. The maximum Gasteiger partial charge on any atom is 0.0544 e. The first-order chi connectivity index (χ1) is 18.3. The fourth-order valence-corrected chi connectivity index (χ4v) is 4.79. The zero-order chi connectivity index (χ0) is 24.9. The standard InChI is InChI=1S/C36H27N/c1-5-13-27(14-6-1)29-21-23-33(24-22-29)37-36-34(30-17-9-3-10-18-30)25-32(28-15-7-2-8-16-28)26-35(36)31-19-11-4-12-20-31/h1-26,37H. The maximum atomic E-state index is 3.80. The summed E-state index contributed by atoms with van der Waals surface area (Å²) in [7, 11) is 0. The first kappa shape index (κ1) is 22.6. The van der Waals surface area contributed by atoms with Gasteiger partial charge in [0.2, 0.25) is 0 Å². The molecule has 6 aromatic carbocycles. The van der Waals surface area contributed by atoms with Gasteiger partial charge in [-0.2, -0.15) is 0 Å². The van der Waals surface area contributed by atoms with E-state index in [1.165, 1.54) is 44.5 Å². The summed E-state index contributed by atoms with van der Waals surface area (Å²) >= 11 is 0. The molecule has 1 N–H and O–H groups in total. The number of hydrogen-bond donors (Lipinski definition) is 1. The number of anilines is 2. The van der Waals surface area contributed by atoms with Crippen LogP contribution in [-0.4, -0.2) is 0 Å². The van der Waals surface area contributed by atoms with Crippen LogP contribution in [0.25, 0.3) is 44.5 Å². The average Bonchev–Trinajstić information content (AvgIpc) is 2.99. The topological polar surface area (TPSA) is 12.0 Å². The molecule has 1 heteroatoms. The molecule has 0 fully saturated rings. The van der Waals surface area contributed by atoms with Crippen LogP contribution in [0.1, 0.15) is 0 Å². The Kier molecular flexibility index (Phi) is 6.34. The fraction of sp³-hybridized carbons (Fsp3) is 0. The van der Waals surface area contributed by atoms with E-state index in [1.54, 1.807) is 0 Å². The van der Waals surface area contributed by atoms with E-state index in [1.807, 2.05) is 0 Å². The predicted octanol–water partition coefficient (Wildman–Crippen LogP) is 10.1. The van der Waals surface area contributed by atoms with Crippen LogP contribution in [0.2, 0.25) is 0 Å². The van der Waals surface area contributed by atoms with Gasteiger partial charge in [0.1, 0.15) is 0 Å². The summed E-state index contributed by atoms with van der Waals surface area (Å²) in [5.74, 6) is 0. The van der Waals surface area contributed by atoms with E-state index in [-0.39, 0.29) is 0 Å². The molecule has 0 aromatic heterocycles. The molecule has 0 aliphatic rings. The summed E-state index contributed by atoms with van der Waals surface area (Å²) in [6, 6.07) is 55.7. The number of benzene rings is 6. The lowest BCUT2D eigenvalue weighted by Gasteiger charge is -2.20. The second-order valence-electron chi connectivity index (χ2n) is 9.11. The maximum absolute atomic E-state index is 3.80. The summed E-state index contributed by atoms with van der Waals surface area (Å²) in [5, 5.41) is 3.80. The van der Waals surface area contributed by atoms with Crippen molar-refractivity contribution in [1.82, 2.24) is 0 Å². The Labute approximate surface area is 218 Å². The fourth-order valence-electron chi connectivity index (χ4n) is 4.79. The van der Waals surface area contributed by atoms with Crippen molar-refractivity contribution in [1.29, 1.82) is 0 Å². The van der Waals surface area contributed by atoms with Crippen LogP contribution in [-0.2, 0) is 0 Å². The monoisotopic (exact) mass is 473 g/mol. The Morgan fingerprint density at radius 2 is 0.649 bits per heavy atom. The minimum absolute atomic E-state index is 1.06. The molecule has 6 rings (SSSR count). The molecule has 0 spiro atoms. The van der Waals surface area contributed by atoms with Crippen molar-refractivity contribution in [3.8, 4) is 44.5 Å². The van der Waals surface area contributed by atoms with Crippen molar-refractivity contribution in [3.05, 3.63) is 158 Å². The average molecular weight is 474 g/mol. The van der Waals surface area contributed by atoms with Gasteiger partial charge in [-0.25, -0.2) is 0 Å². The summed E-state index contributed by atoms with van der Waals surface area (Å²) < 4.78 is 0. The number of rotatable bonds is 6. The van der Waals surface area contributed by atoms with E-state index in [0.717, 1.165) is 11.4 Å². The molecule has 0 amide bonds. The smallest absolute Gasteiger partial charge is 0.0544 e. The van der Waals surface area contributed by atoms with E-state index >= 15 is 0 Å². The van der Waals surface area contributed by atoms with Gasteiger partial charge >= 0.3 is 0 Å². The van der Waals surface area contributed by atoms with Crippen molar-refractivity contribution >= 4 is 11.4 Å².